The van der Waals surface area contributed by atoms with Gasteiger partial charge in [0.05, 0.1) is 18.5 Å². The molecule has 0 aliphatic carbocycles. The number of hydrogen-bond acceptors (Lipinski definition) is 5. The van der Waals surface area contributed by atoms with Gasteiger partial charge in [-0.15, -0.1) is 0 Å². The fraction of sp³-hybridized carbons (Fsp3) is 0.421. The Bertz CT molecular complexity index is 943. The van der Waals surface area contributed by atoms with Gasteiger partial charge in [0, 0.05) is 30.4 Å². The van der Waals surface area contributed by atoms with E-state index in [1.54, 1.807) is 17.8 Å². The van der Waals surface area contributed by atoms with Gasteiger partial charge in [0.25, 0.3) is 0 Å². The first-order valence-electron chi connectivity index (χ1n) is 8.62. The summed E-state index contributed by atoms with van der Waals surface area (Å²) >= 11 is 1.67. The second-order valence-corrected chi connectivity index (χ2v) is 7.68. The third kappa shape index (κ3) is 3.62. The van der Waals surface area contributed by atoms with Gasteiger partial charge in [0.2, 0.25) is 0 Å². The van der Waals surface area contributed by atoms with Crippen molar-refractivity contribution in [2.45, 2.75) is 45.1 Å². The Balaban J connectivity index is 1.85. The molecule has 0 saturated carbocycles. The molecule has 3 rings (SSSR count). The molecular formula is C19H24N4O2S. The molecule has 6 nitrogen and oxygen atoms in total. The molecule has 0 aromatic carbocycles. The van der Waals surface area contributed by atoms with Gasteiger partial charge in [-0.3, -0.25) is 0 Å². The second-order valence-electron chi connectivity index (χ2n) is 6.73. The Morgan fingerprint density at radius 2 is 2.08 bits per heavy atom. The molecule has 0 bridgehead atoms. The maximum absolute atomic E-state index is 11.9. The van der Waals surface area contributed by atoms with Crippen LogP contribution in [0, 0.1) is 19.8 Å². The van der Waals surface area contributed by atoms with Crippen molar-refractivity contribution in [1.82, 2.24) is 18.9 Å². The normalized spacial score (nSPS) is 11.5. The molecule has 3 heterocycles. The molecule has 0 N–H and O–H groups in total. The molecule has 26 heavy (non-hydrogen) atoms. The van der Waals surface area contributed by atoms with Crippen LogP contribution in [0.3, 0.4) is 0 Å². The lowest BCUT2D eigenvalue weighted by Gasteiger charge is -2.11. The highest BCUT2D eigenvalue weighted by Gasteiger charge is 2.16. The molecular weight excluding hydrogens is 348 g/mol. The van der Waals surface area contributed by atoms with Gasteiger partial charge in [-0.05, 0) is 31.9 Å². The summed E-state index contributed by atoms with van der Waals surface area (Å²) in [6, 6.07) is 3.55. The zero-order valence-corrected chi connectivity index (χ0v) is 16.6. The number of esters is 1. The highest BCUT2D eigenvalue weighted by atomic mass is 32.2. The van der Waals surface area contributed by atoms with Crippen LogP contribution in [0.25, 0.3) is 5.65 Å². The Morgan fingerprint density at radius 1 is 1.31 bits per heavy atom. The molecule has 3 aromatic heterocycles. The summed E-state index contributed by atoms with van der Waals surface area (Å²) in [5.41, 5.74) is 4.27. The van der Waals surface area contributed by atoms with E-state index in [-0.39, 0.29) is 5.97 Å². The summed E-state index contributed by atoms with van der Waals surface area (Å²) in [5, 5.41) is 1.01. The minimum absolute atomic E-state index is 0.376. The average Bonchev–Trinajstić information content (AvgIpc) is 3.14. The largest absolute Gasteiger partial charge is 0.465 e. The lowest BCUT2D eigenvalue weighted by Crippen LogP contribution is -2.07. The number of imidazole rings is 2. The van der Waals surface area contributed by atoms with E-state index in [2.05, 4.69) is 30.3 Å². The van der Waals surface area contributed by atoms with E-state index in [0.717, 1.165) is 23.1 Å². The van der Waals surface area contributed by atoms with E-state index in [0.29, 0.717) is 22.9 Å². The number of aryl methyl sites for hydroxylation is 1. The summed E-state index contributed by atoms with van der Waals surface area (Å²) in [7, 11) is 1.38. The van der Waals surface area contributed by atoms with Crippen LogP contribution in [0.5, 0.6) is 0 Å². The van der Waals surface area contributed by atoms with Crippen LogP contribution in [0.4, 0.5) is 0 Å². The van der Waals surface area contributed by atoms with Gasteiger partial charge in [-0.2, -0.15) is 0 Å². The first kappa shape index (κ1) is 18.5. The summed E-state index contributed by atoms with van der Waals surface area (Å²) in [6.45, 7) is 9.53. The van der Waals surface area contributed by atoms with E-state index >= 15 is 0 Å². The number of fused-ring (bicyclic) bond motifs is 1. The van der Waals surface area contributed by atoms with E-state index in [1.807, 2.05) is 29.8 Å². The third-order valence-electron chi connectivity index (χ3n) is 4.26. The molecule has 0 unspecified atom stereocenters. The SMILES string of the molecule is COC(=O)c1cccn2cc(CSc3nc(C)c(C)n3CC(C)C)nc12. The quantitative estimate of drug-likeness (QED) is 0.485. The Morgan fingerprint density at radius 3 is 2.77 bits per heavy atom. The second kappa shape index (κ2) is 7.53. The fourth-order valence-electron chi connectivity index (χ4n) is 2.85. The van der Waals surface area contributed by atoms with Crippen LogP contribution in [0.2, 0.25) is 0 Å². The molecule has 7 heteroatoms. The lowest BCUT2D eigenvalue weighted by molar-refractivity contribution is 0.0602. The maximum Gasteiger partial charge on any atom is 0.341 e. The number of rotatable bonds is 6. The van der Waals surface area contributed by atoms with Crippen LogP contribution in [-0.2, 0) is 17.0 Å². The van der Waals surface area contributed by atoms with Crippen molar-refractivity contribution in [1.29, 1.82) is 0 Å². The molecule has 0 aliphatic heterocycles. The Hall–Kier alpha value is -2.28. The highest BCUT2D eigenvalue weighted by molar-refractivity contribution is 7.98. The van der Waals surface area contributed by atoms with E-state index in [1.165, 1.54) is 12.8 Å². The maximum atomic E-state index is 11.9. The summed E-state index contributed by atoms with van der Waals surface area (Å²) in [4.78, 5) is 21.2. The number of aromatic nitrogens is 4. The number of ether oxygens (including phenoxy) is 1. The van der Waals surface area contributed by atoms with Crippen LogP contribution >= 0.6 is 11.8 Å². The van der Waals surface area contributed by atoms with Gasteiger partial charge in [-0.1, -0.05) is 25.6 Å². The van der Waals surface area contributed by atoms with Crippen molar-refractivity contribution >= 4 is 23.4 Å². The highest BCUT2D eigenvalue weighted by Crippen LogP contribution is 2.26. The standard InChI is InChI=1S/C19H24N4O2S/c1-12(2)9-23-14(4)13(3)20-19(23)26-11-15-10-22-8-6-7-16(17(22)21-15)18(24)25-5/h6-8,10,12H,9,11H2,1-5H3. The van der Waals surface area contributed by atoms with Gasteiger partial charge in [0.15, 0.2) is 10.8 Å². The summed E-state index contributed by atoms with van der Waals surface area (Å²) in [6.07, 6.45) is 3.83. The molecule has 3 aromatic rings. The van der Waals surface area contributed by atoms with E-state index < -0.39 is 0 Å². The Kier molecular flexibility index (Phi) is 5.36. The van der Waals surface area contributed by atoms with Crippen molar-refractivity contribution in [3.8, 4) is 0 Å². The van der Waals surface area contributed by atoms with Gasteiger partial charge in [0.1, 0.15) is 5.56 Å². The summed E-state index contributed by atoms with van der Waals surface area (Å²) in [5.74, 6) is 0.870. The number of hydrogen-bond donors (Lipinski definition) is 0. The number of carbonyl (C=O) groups excluding carboxylic acids is 1. The van der Waals surface area contributed by atoms with Crippen molar-refractivity contribution < 1.29 is 9.53 Å². The Labute approximate surface area is 157 Å². The predicted octanol–water partition coefficient (Wildman–Crippen LogP) is 3.88. The first-order valence-corrected chi connectivity index (χ1v) is 9.60. The number of nitrogens with zero attached hydrogens (tertiary/aromatic N) is 4. The van der Waals surface area contributed by atoms with Crippen molar-refractivity contribution in [2.24, 2.45) is 5.92 Å². The van der Waals surface area contributed by atoms with Gasteiger partial charge >= 0.3 is 5.97 Å². The van der Waals surface area contributed by atoms with Crippen molar-refractivity contribution in [3.05, 3.63) is 47.2 Å². The molecule has 0 spiro atoms. The minimum Gasteiger partial charge on any atom is -0.465 e. The molecule has 0 radical (unpaired) electrons. The van der Waals surface area contributed by atoms with Crippen molar-refractivity contribution in [3.63, 3.8) is 0 Å². The zero-order valence-electron chi connectivity index (χ0n) is 15.8. The third-order valence-corrected chi connectivity index (χ3v) is 5.27. The monoisotopic (exact) mass is 372 g/mol. The summed E-state index contributed by atoms with van der Waals surface area (Å²) < 4.78 is 8.98. The molecule has 0 atom stereocenters. The molecule has 0 amide bonds. The zero-order chi connectivity index (χ0) is 18.8. The molecule has 0 saturated heterocycles. The van der Waals surface area contributed by atoms with Crippen LogP contribution < -0.4 is 0 Å². The van der Waals surface area contributed by atoms with E-state index in [9.17, 15) is 4.79 Å². The number of pyridine rings is 1. The smallest absolute Gasteiger partial charge is 0.341 e. The minimum atomic E-state index is -0.376. The van der Waals surface area contributed by atoms with Crippen molar-refractivity contribution in [2.75, 3.05) is 7.11 Å². The molecule has 0 fully saturated rings. The topological polar surface area (TPSA) is 61.4 Å². The molecule has 0 aliphatic rings. The fourth-order valence-corrected chi connectivity index (χ4v) is 3.84. The number of methoxy groups -OCH3 is 1. The average molecular weight is 372 g/mol. The molecule has 138 valence electrons. The van der Waals surface area contributed by atoms with Gasteiger partial charge < -0.3 is 13.7 Å². The predicted molar refractivity (Wildman–Crippen MR) is 103 cm³/mol. The van der Waals surface area contributed by atoms with Gasteiger partial charge in [-0.25, -0.2) is 14.8 Å². The first-order chi connectivity index (χ1) is 12.4. The lowest BCUT2D eigenvalue weighted by atomic mass is 10.2. The van der Waals surface area contributed by atoms with Crippen LogP contribution in [0.1, 0.15) is 41.3 Å². The number of carbonyl (C=O) groups is 1. The van der Waals surface area contributed by atoms with E-state index in [4.69, 9.17) is 9.72 Å². The van der Waals surface area contributed by atoms with Crippen LogP contribution in [0.15, 0.2) is 29.7 Å². The number of thioether (sulfide) groups is 1. The van der Waals surface area contributed by atoms with Crippen LogP contribution in [-0.4, -0.2) is 32.0 Å².